The van der Waals surface area contributed by atoms with Crippen molar-refractivity contribution >= 4 is 0 Å². The van der Waals surface area contributed by atoms with Crippen molar-refractivity contribution in [3.63, 3.8) is 0 Å². The second kappa shape index (κ2) is 8.89. The zero-order valence-electron chi connectivity index (χ0n) is 13.3. The van der Waals surface area contributed by atoms with Gasteiger partial charge < -0.3 is 10.5 Å². The maximum absolute atomic E-state index is 6.07. The van der Waals surface area contributed by atoms with Crippen LogP contribution >= 0.6 is 0 Å². The van der Waals surface area contributed by atoms with E-state index in [-0.39, 0.29) is 5.54 Å². The molecule has 0 amide bonds. The van der Waals surface area contributed by atoms with Crippen molar-refractivity contribution in [3.8, 4) is 0 Å². The Bertz CT molecular complexity index is 203. The molecule has 0 rings (SSSR count). The molecular formula is C15H34N2O. The fraction of sp³-hybridized carbons (Fsp3) is 1.00. The number of hydrogen-bond acceptors (Lipinski definition) is 3. The third-order valence-corrected chi connectivity index (χ3v) is 4.15. The van der Waals surface area contributed by atoms with Crippen molar-refractivity contribution in [1.82, 2.24) is 4.90 Å². The van der Waals surface area contributed by atoms with Crippen LogP contribution in [0.1, 0.15) is 53.9 Å². The molecule has 110 valence electrons. The fourth-order valence-electron chi connectivity index (χ4n) is 2.41. The topological polar surface area (TPSA) is 38.5 Å². The molecule has 0 bridgehead atoms. The van der Waals surface area contributed by atoms with E-state index < -0.39 is 0 Å². The average molecular weight is 258 g/mol. The van der Waals surface area contributed by atoms with E-state index in [0.29, 0.717) is 6.10 Å². The van der Waals surface area contributed by atoms with Gasteiger partial charge in [0.2, 0.25) is 0 Å². The lowest BCUT2D eigenvalue weighted by molar-refractivity contribution is 0.0254. The van der Waals surface area contributed by atoms with Crippen molar-refractivity contribution < 1.29 is 4.74 Å². The molecule has 2 atom stereocenters. The molecule has 0 aliphatic heterocycles. The normalized spacial score (nSPS) is 17.2. The highest BCUT2D eigenvalue weighted by molar-refractivity contribution is 4.90. The molecule has 2 unspecified atom stereocenters. The zero-order chi connectivity index (χ0) is 14.2. The Morgan fingerprint density at radius 3 is 2.22 bits per heavy atom. The summed E-state index contributed by atoms with van der Waals surface area (Å²) in [6.45, 7) is 13.4. The van der Waals surface area contributed by atoms with Crippen LogP contribution in [0.2, 0.25) is 0 Å². The largest absolute Gasteiger partial charge is 0.377 e. The third-order valence-electron chi connectivity index (χ3n) is 4.15. The molecule has 0 aliphatic rings. The van der Waals surface area contributed by atoms with Gasteiger partial charge in [0, 0.05) is 18.6 Å². The van der Waals surface area contributed by atoms with Gasteiger partial charge in [0.05, 0.1) is 12.7 Å². The molecule has 3 heteroatoms. The van der Waals surface area contributed by atoms with Gasteiger partial charge in [0.25, 0.3) is 0 Å². The van der Waals surface area contributed by atoms with Gasteiger partial charge in [-0.2, -0.15) is 0 Å². The van der Waals surface area contributed by atoms with Crippen LogP contribution < -0.4 is 5.73 Å². The van der Waals surface area contributed by atoms with Crippen LogP contribution in [-0.2, 0) is 4.74 Å². The van der Waals surface area contributed by atoms with Crippen molar-refractivity contribution in [1.29, 1.82) is 0 Å². The minimum Gasteiger partial charge on any atom is -0.377 e. The second-order valence-electron chi connectivity index (χ2n) is 5.84. The van der Waals surface area contributed by atoms with E-state index in [1.54, 1.807) is 0 Å². The molecule has 2 N–H and O–H groups in total. The van der Waals surface area contributed by atoms with Crippen molar-refractivity contribution in [2.75, 3.05) is 26.7 Å². The Hall–Kier alpha value is -0.120. The maximum Gasteiger partial charge on any atom is 0.0597 e. The Balaban J connectivity index is 4.45. The summed E-state index contributed by atoms with van der Waals surface area (Å²) in [4.78, 5) is 2.40. The predicted molar refractivity (Wildman–Crippen MR) is 79.9 cm³/mol. The first-order valence-corrected chi connectivity index (χ1v) is 7.44. The van der Waals surface area contributed by atoms with Gasteiger partial charge in [-0.25, -0.2) is 0 Å². The van der Waals surface area contributed by atoms with Crippen LogP contribution in [0.3, 0.4) is 0 Å². The standard InChI is InChI=1S/C15H34N2O/c1-7-14(5)11-15(8-2,12-16)17(6)9-10-18-13(3)4/h13-14H,7-12,16H2,1-6H3. The Labute approximate surface area is 114 Å². The Morgan fingerprint density at radius 2 is 1.83 bits per heavy atom. The van der Waals surface area contributed by atoms with Crippen molar-refractivity contribution in [3.05, 3.63) is 0 Å². The second-order valence-corrected chi connectivity index (χ2v) is 5.84. The molecule has 0 heterocycles. The van der Waals surface area contributed by atoms with E-state index in [4.69, 9.17) is 10.5 Å². The summed E-state index contributed by atoms with van der Waals surface area (Å²) in [5.41, 5.74) is 6.21. The van der Waals surface area contributed by atoms with Crippen LogP contribution in [0.4, 0.5) is 0 Å². The molecule has 0 spiro atoms. The lowest BCUT2D eigenvalue weighted by Gasteiger charge is -2.42. The van der Waals surface area contributed by atoms with Crippen LogP contribution in [0.15, 0.2) is 0 Å². The van der Waals surface area contributed by atoms with Crippen LogP contribution in [0.5, 0.6) is 0 Å². The van der Waals surface area contributed by atoms with Gasteiger partial charge in [0.1, 0.15) is 0 Å². The number of hydrogen-bond donors (Lipinski definition) is 1. The van der Waals surface area contributed by atoms with Gasteiger partial charge in [-0.3, -0.25) is 4.90 Å². The molecule has 0 saturated carbocycles. The summed E-state index contributed by atoms with van der Waals surface area (Å²) < 4.78 is 5.65. The smallest absolute Gasteiger partial charge is 0.0597 e. The summed E-state index contributed by atoms with van der Waals surface area (Å²) in [5, 5.41) is 0. The molecule has 18 heavy (non-hydrogen) atoms. The summed E-state index contributed by atoms with van der Waals surface area (Å²) in [5.74, 6) is 0.724. The van der Waals surface area contributed by atoms with Crippen LogP contribution in [0.25, 0.3) is 0 Å². The number of rotatable bonds is 10. The van der Waals surface area contributed by atoms with Crippen molar-refractivity contribution in [2.45, 2.75) is 65.5 Å². The molecule has 0 radical (unpaired) electrons. The third kappa shape index (κ3) is 5.68. The van der Waals surface area contributed by atoms with E-state index in [2.05, 4.69) is 46.6 Å². The lowest BCUT2D eigenvalue weighted by atomic mass is 9.83. The van der Waals surface area contributed by atoms with Crippen LogP contribution in [0, 0.1) is 5.92 Å². The summed E-state index contributed by atoms with van der Waals surface area (Å²) in [6, 6.07) is 0. The highest BCUT2D eigenvalue weighted by Crippen LogP contribution is 2.27. The highest BCUT2D eigenvalue weighted by atomic mass is 16.5. The quantitative estimate of drug-likeness (QED) is 0.655. The number of nitrogens with zero attached hydrogens (tertiary/aromatic N) is 1. The van der Waals surface area contributed by atoms with Gasteiger partial charge >= 0.3 is 0 Å². The Kier molecular flexibility index (Phi) is 8.83. The number of ether oxygens (including phenoxy) is 1. The highest BCUT2D eigenvalue weighted by Gasteiger charge is 2.32. The first-order valence-electron chi connectivity index (χ1n) is 7.44. The summed E-state index contributed by atoms with van der Waals surface area (Å²) >= 11 is 0. The molecular weight excluding hydrogens is 224 g/mol. The monoisotopic (exact) mass is 258 g/mol. The first-order chi connectivity index (χ1) is 8.41. The minimum absolute atomic E-state index is 0.135. The number of nitrogens with two attached hydrogens (primary N) is 1. The SMILES string of the molecule is CCC(C)CC(CC)(CN)N(C)CCOC(C)C. The van der Waals surface area contributed by atoms with Crippen molar-refractivity contribution in [2.24, 2.45) is 11.7 Å². The molecule has 0 aromatic heterocycles. The van der Waals surface area contributed by atoms with E-state index in [1.165, 1.54) is 12.8 Å². The molecule has 0 fully saturated rings. The van der Waals surface area contributed by atoms with E-state index in [1.807, 2.05) is 0 Å². The molecule has 0 aromatic rings. The fourth-order valence-corrected chi connectivity index (χ4v) is 2.41. The van der Waals surface area contributed by atoms with Gasteiger partial charge in [0.15, 0.2) is 0 Å². The Morgan fingerprint density at radius 1 is 1.22 bits per heavy atom. The first kappa shape index (κ1) is 17.9. The predicted octanol–water partition coefficient (Wildman–Crippen LogP) is 2.89. The number of likely N-dealkylation sites (N-methyl/N-ethyl adjacent to an activating group) is 1. The minimum atomic E-state index is 0.135. The van der Waals surface area contributed by atoms with Gasteiger partial charge in [-0.15, -0.1) is 0 Å². The van der Waals surface area contributed by atoms with Gasteiger partial charge in [-0.1, -0.05) is 27.2 Å². The van der Waals surface area contributed by atoms with Gasteiger partial charge in [-0.05, 0) is 39.7 Å². The van der Waals surface area contributed by atoms with E-state index >= 15 is 0 Å². The molecule has 0 saturated heterocycles. The summed E-state index contributed by atoms with van der Waals surface area (Å²) in [7, 11) is 2.18. The molecule has 0 aromatic carbocycles. The maximum atomic E-state index is 6.07. The zero-order valence-corrected chi connectivity index (χ0v) is 13.3. The average Bonchev–Trinajstić information content (AvgIpc) is 2.35. The molecule has 0 aliphatic carbocycles. The van der Waals surface area contributed by atoms with Crippen LogP contribution in [-0.4, -0.2) is 43.3 Å². The van der Waals surface area contributed by atoms with E-state index in [9.17, 15) is 0 Å². The lowest BCUT2D eigenvalue weighted by Crippen LogP contribution is -2.53. The van der Waals surface area contributed by atoms with E-state index in [0.717, 1.165) is 32.0 Å². The molecule has 3 nitrogen and oxygen atoms in total. The summed E-state index contributed by atoms with van der Waals surface area (Å²) in [6.07, 6.45) is 3.81.